The Morgan fingerprint density at radius 1 is 0.677 bits per heavy atom. The number of nitrogens with zero attached hydrogens (tertiary/aromatic N) is 1. The molecule has 0 fully saturated rings. The first-order valence-corrected chi connectivity index (χ1v) is 10.3. The van der Waals surface area contributed by atoms with E-state index in [1.54, 1.807) is 0 Å². The van der Waals surface area contributed by atoms with Crippen molar-refractivity contribution in [2.75, 3.05) is 0 Å². The van der Waals surface area contributed by atoms with Crippen molar-refractivity contribution in [2.24, 2.45) is 0 Å². The third-order valence-corrected chi connectivity index (χ3v) is 6.95. The fraction of sp³-hybridized carbons (Fsp3) is 0.148. The SMILES string of the molecule is Fc1ccc(C2(c3ccc(F)cc3)C[C@@H]3c4ccccc4[C@H]2c2cccc[n+]23)cc1.[Cl-]. The first-order valence-electron chi connectivity index (χ1n) is 10.3. The average Bonchev–Trinajstić information content (AvgIpc) is 2.80. The van der Waals surface area contributed by atoms with E-state index in [-0.39, 0.29) is 36.0 Å². The predicted octanol–water partition coefficient (Wildman–Crippen LogP) is 2.68. The molecule has 154 valence electrons. The van der Waals surface area contributed by atoms with Crippen molar-refractivity contribution in [3.63, 3.8) is 0 Å². The highest BCUT2D eigenvalue weighted by Gasteiger charge is 2.59. The molecular formula is C27H20ClF2N. The Hall–Kier alpha value is -3.04. The summed E-state index contributed by atoms with van der Waals surface area (Å²) in [4.78, 5) is 0. The van der Waals surface area contributed by atoms with E-state index in [0.717, 1.165) is 17.5 Å². The van der Waals surface area contributed by atoms with Gasteiger partial charge in [0.15, 0.2) is 17.9 Å². The predicted molar refractivity (Wildman–Crippen MR) is 111 cm³/mol. The van der Waals surface area contributed by atoms with E-state index in [1.165, 1.54) is 41.1 Å². The number of hydrogen-bond donors (Lipinski definition) is 0. The number of hydrogen-bond acceptors (Lipinski definition) is 0. The van der Waals surface area contributed by atoms with Crippen LogP contribution >= 0.6 is 0 Å². The van der Waals surface area contributed by atoms with Gasteiger partial charge in [-0.15, -0.1) is 0 Å². The quantitative estimate of drug-likeness (QED) is 0.430. The molecule has 3 aromatic carbocycles. The summed E-state index contributed by atoms with van der Waals surface area (Å²) in [6, 6.07) is 28.9. The van der Waals surface area contributed by atoms with Crippen LogP contribution < -0.4 is 17.0 Å². The van der Waals surface area contributed by atoms with Crippen LogP contribution in [0.4, 0.5) is 8.78 Å². The summed E-state index contributed by atoms with van der Waals surface area (Å²) in [5.74, 6) is -0.441. The lowest BCUT2D eigenvalue weighted by Gasteiger charge is -2.50. The minimum atomic E-state index is -0.401. The molecule has 3 heterocycles. The average molecular weight is 432 g/mol. The van der Waals surface area contributed by atoms with Crippen molar-refractivity contribution in [3.8, 4) is 0 Å². The van der Waals surface area contributed by atoms with Gasteiger partial charge < -0.3 is 12.4 Å². The van der Waals surface area contributed by atoms with Gasteiger partial charge in [0.2, 0.25) is 0 Å². The van der Waals surface area contributed by atoms with Gasteiger partial charge in [-0.3, -0.25) is 0 Å². The third kappa shape index (κ3) is 2.76. The zero-order valence-corrected chi connectivity index (χ0v) is 17.4. The highest BCUT2D eigenvalue weighted by Crippen LogP contribution is 2.59. The topological polar surface area (TPSA) is 3.88 Å². The number of halogens is 3. The normalized spacial score (nSPS) is 19.8. The molecule has 4 aromatic rings. The summed E-state index contributed by atoms with van der Waals surface area (Å²) >= 11 is 0. The number of benzene rings is 3. The van der Waals surface area contributed by atoms with Crippen molar-refractivity contribution in [1.29, 1.82) is 0 Å². The van der Waals surface area contributed by atoms with Gasteiger partial charge in [0.25, 0.3) is 0 Å². The monoisotopic (exact) mass is 431 g/mol. The summed E-state index contributed by atoms with van der Waals surface area (Å²) in [6.07, 6.45) is 3.00. The molecule has 7 rings (SSSR count). The molecule has 0 spiro atoms. The minimum absolute atomic E-state index is 0. The maximum Gasteiger partial charge on any atom is 0.190 e. The van der Waals surface area contributed by atoms with E-state index in [1.807, 2.05) is 24.3 Å². The van der Waals surface area contributed by atoms with Gasteiger partial charge in [0, 0.05) is 29.5 Å². The van der Waals surface area contributed by atoms with Crippen LogP contribution in [0.1, 0.15) is 46.3 Å². The van der Waals surface area contributed by atoms with E-state index in [9.17, 15) is 8.78 Å². The van der Waals surface area contributed by atoms with Gasteiger partial charge >= 0.3 is 0 Å². The number of fused-ring (bicyclic) bond motifs is 1. The zero-order chi connectivity index (χ0) is 20.3. The van der Waals surface area contributed by atoms with E-state index in [0.29, 0.717) is 0 Å². The second-order valence-electron chi connectivity index (χ2n) is 8.30. The lowest BCUT2D eigenvalue weighted by Crippen LogP contribution is -3.00. The molecule has 4 heteroatoms. The van der Waals surface area contributed by atoms with Crippen LogP contribution in [-0.4, -0.2) is 0 Å². The summed E-state index contributed by atoms with van der Waals surface area (Å²) in [5.41, 5.74) is 5.60. The van der Waals surface area contributed by atoms with Crippen LogP contribution in [0.15, 0.2) is 97.2 Å². The molecule has 1 nitrogen and oxygen atoms in total. The minimum Gasteiger partial charge on any atom is -1.00 e. The molecule has 2 atom stereocenters. The second-order valence-corrected chi connectivity index (χ2v) is 8.30. The van der Waals surface area contributed by atoms with Crippen LogP contribution in [-0.2, 0) is 5.41 Å². The molecule has 0 unspecified atom stereocenters. The molecule has 2 aliphatic heterocycles. The Kier molecular flexibility index (Phi) is 4.67. The largest absolute Gasteiger partial charge is 1.00 e. The lowest BCUT2D eigenvalue weighted by atomic mass is 9.53. The fourth-order valence-corrected chi connectivity index (χ4v) is 5.76. The van der Waals surface area contributed by atoms with Gasteiger partial charge in [-0.2, -0.15) is 4.57 Å². The summed E-state index contributed by atoms with van der Waals surface area (Å²) < 4.78 is 30.1. The Morgan fingerprint density at radius 3 is 1.84 bits per heavy atom. The van der Waals surface area contributed by atoms with Crippen LogP contribution in [0.2, 0.25) is 0 Å². The molecule has 1 aliphatic carbocycles. The molecule has 0 radical (unpaired) electrons. The highest BCUT2D eigenvalue weighted by atomic mass is 35.5. The van der Waals surface area contributed by atoms with Gasteiger partial charge in [-0.25, -0.2) is 8.78 Å². The van der Waals surface area contributed by atoms with E-state index >= 15 is 0 Å². The molecule has 31 heavy (non-hydrogen) atoms. The second kappa shape index (κ2) is 7.28. The molecule has 3 aliphatic rings. The third-order valence-electron chi connectivity index (χ3n) is 6.95. The Labute approximate surface area is 186 Å². The number of rotatable bonds is 2. The van der Waals surface area contributed by atoms with Crippen LogP contribution in [0, 0.1) is 11.6 Å². The first kappa shape index (κ1) is 19.9. The summed E-state index contributed by atoms with van der Waals surface area (Å²) in [7, 11) is 0. The Balaban J connectivity index is 0.00000204. The molecule has 0 amide bonds. The highest BCUT2D eigenvalue weighted by molar-refractivity contribution is 5.54. The summed E-state index contributed by atoms with van der Waals surface area (Å²) in [5, 5.41) is 0. The molecule has 1 aromatic heterocycles. The molecule has 0 N–H and O–H groups in total. The van der Waals surface area contributed by atoms with Gasteiger partial charge in [0.05, 0.1) is 5.92 Å². The number of aromatic nitrogens is 1. The fourth-order valence-electron chi connectivity index (χ4n) is 5.76. The van der Waals surface area contributed by atoms with E-state index in [2.05, 4.69) is 53.2 Å². The maximum absolute atomic E-state index is 13.8. The van der Waals surface area contributed by atoms with Crippen LogP contribution in [0.25, 0.3) is 0 Å². The summed E-state index contributed by atoms with van der Waals surface area (Å²) in [6.45, 7) is 0. The van der Waals surface area contributed by atoms with E-state index in [4.69, 9.17) is 0 Å². The van der Waals surface area contributed by atoms with Crippen LogP contribution in [0.3, 0.4) is 0 Å². The van der Waals surface area contributed by atoms with Crippen LogP contribution in [0.5, 0.6) is 0 Å². The first-order chi connectivity index (χ1) is 14.7. The van der Waals surface area contributed by atoms with Crippen molar-refractivity contribution in [1.82, 2.24) is 0 Å². The van der Waals surface area contributed by atoms with Crippen molar-refractivity contribution >= 4 is 0 Å². The van der Waals surface area contributed by atoms with Crippen molar-refractivity contribution < 1.29 is 25.8 Å². The van der Waals surface area contributed by atoms with E-state index < -0.39 is 5.41 Å². The standard InChI is InChI=1S/C27H20F2N.ClH/c28-20-12-8-18(9-13-20)27(19-10-14-21(29)15-11-19)17-25-22-5-1-2-6-23(22)26(27)24-7-3-4-16-30(24)25;/h1-16,25-26H,17H2;1H/q+1;/p-1/t25-,26+;/m1./s1. The van der Waals surface area contributed by atoms with Gasteiger partial charge in [-0.1, -0.05) is 54.6 Å². The molecule has 0 saturated carbocycles. The van der Waals surface area contributed by atoms with Crippen molar-refractivity contribution in [2.45, 2.75) is 23.8 Å². The Morgan fingerprint density at radius 2 is 1.23 bits per heavy atom. The Bertz CT molecular complexity index is 1160. The smallest absolute Gasteiger partial charge is 0.190 e. The molecule has 2 bridgehead atoms. The molecule has 0 saturated heterocycles. The zero-order valence-electron chi connectivity index (χ0n) is 16.7. The van der Waals surface area contributed by atoms with Gasteiger partial charge in [0.1, 0.15) is 11.6 Å². The molecular weight excluding hydrogens is 412 g/mol. The van der Waals surface area contributed by atoms with Crippen molar-refractivity contribution in [3.05, 3.63) is 137 Å². The maximum atomic E-state index is 13.8. The van der Waals surface area contributed by atoms with Gasteiger partial charge in [-0.05, 0) is 41.0 Å². The number of pyridine rings is 1. The lowest BCUT2D eigenvalue weighted by molar-refractivity contribution is -0.732.